The van der Waals surface area contributed by atoms with Gasteiger partial charge in [0.25, 0.3) is 5.91 Å². The molecule has 0 radical (unpaired) electrons. The summed E-state index contributed by atoms with van der Waals surface area (Å²) in [5.41, 5.74) is 1.52. The van der Waals surface area contributed by atoms with Crippen LogP contribution in [0.15, 0.2) is 49.1 Å². The van der Waals surface area contributed by atoms with Crippen LogP contribution in [0.25, 0.3) is 5.65 Å². The van der Waals surface area contributed by atoms with Crippen molar-refractivity contribution in [3.63, 3.8) is 0 Å². The van der Waals surface area contributed by atoms with Crippen LogP contribution in [-0.2, 0) is 0 Å². The van der Waals surface area contributed by atoms with Gasteiger partial charge in [-0.05, 0) is 18.2 Å². The Morgan fingerprint density at radius 3 is 2.48 bits per heavy atom. The number of carbonyl (C=O) groups excluding carboxylic acids is 1. The first-order valence-electron chi connectivity index (χ1n) is 7.56. The summed E-state index contributed by atoms with van der Waals surface area (Å²) in [5.74, 6) is 1.07. The van der Waals surface area contributed by atoms with E-state index in [1.807, 2.05) is 21.5 Å². The Kier molecular flexibility index (Phi) is 3.38. The quantitative estimate of drug-likeness (QED) is 0.709. The second kappa shape index (κ2) is 5.68. The Balaban J connectivity index is 1.49. The van der Waals surface area contributed by atoms with Crippen molar-refractivity contribution < 1.29 is 4.79 Å². The van der Waals surface area contributed by atoms with Crippen LogP contribution in [0.5, 0.6) is 0 Å². The van der Waals surface area contributed by atoms with Gasteiger partial charge in [-0.25, -0.2) is 4.98 Å². The summed E-state index contributed by atoms with van der Waals surface area (Å²) in [4.78, 5) is 24.8. The predicted molar refractivity (Wildman–Crippen MR) is 85.3 cm³/mol. The van der Waals surface area contributed by atoms with Gasteiger partial charge in [-0.15, -0.1) is 0 Å². The molecule has 0 unspecified atom stereocenters. The maximum Gasteiger partial charge on any atom is 0.254 e. The molecule has 116 valence electrons. The third-order valence-corrected chi connectivity index (χ3v) is 4.09. The summed E-state index contributed by atoms with van der Waals surface area (Å²) in [6.07, 6.45) is 6.83. The minimum Gasteiger partial charge on any atom is -0.353 e. The maximum absolute atomic E-state index is 12.5. The van der Waals surface area contributed by atoms with Gasteiger partial charge in [0.1, 0.15) is 5.82 Å². The average molecular weight is 308 g/mol. The third kappa shape index (κ3) is 2.50. The van der Waals surface area contributed by atoms with Crippen molar-refractivity contribution in [3.8, 4) is 0 Å². The maximum atomic E-state index is 12.5. The fourth-order valence-electron chi connectivity index (χ4n) is 2.88. The molecule has 3 aromatic heterocycles. The first-order chi connectivity index (χ1) is 11.3. The highest BCUT2D eigenvalue weighted by Crippen LogP contribution is 2.17. The Morgan fingerprint density at radius 2 is 1.70 bits per heavy atom. The zero-order chi connectivity index (χ0) is 15.6. The first-order valence-corrected chi connectivity index (χ1v) is 7.56. The molecule has 1 fully saturated rings. The molecule has 0 saturated carbocycles. The summed E-state index contributed by atoms with van der Waals surface area (Å²) in [6, 6.07) is 7.35. The number of anilines is 1. The molecule has 0 N–H and O–H groups in total. The van der Waals surface area contributed by atoms with Gasteiger partial charge in [0.05, 0.1) is 6.20 Å². The van der Waals surface area contributed by atoms with E-state index < -0.39 is 0 Å². The second-order valence-corrected chi connectivity index (χ2v) is 5.42. The number of rotatable bonds is 2. The molecule has 0 aliphatic carbocycles. The summed E-state index contributed by atoms with van der Waals surface area (Å²) < 4.78 is 1.83. The number of aromatic nitrogens is 4. The largest absolute Gasteiger partial charge is 0.353 e. The van der Waals surface area contributed by atoms with E-state index in [0.29, 0.717) is 18.7 Å². The van der Waals surface area contributed by atoms with E-state index in [0.717, 1.165) is 24.6 Å². The van der Waals surface area contributed by atoms with Gasteiger partial charge in [0.2, 0.25) is 0 Å². The zero-order valence-corrected chi connectivity index (χ0v) is 12.5. The number of fused-ring (bicyclic) bond motifs is 1. The Hall–Kier alpha value is -2.96. The lowest BCUT2D eigenvalue weighted by molar-refractivity contribution is 0.0746. The van der Waals surface area contributed by atoms with Crippen molar-refractivity contribution in [2.24, 2.45) is 0 Å². The fraction of sp³-hybridized carbons (Fsp3) is 0.250. The molecule has 1 aliphatic rings. The SMILES string of the molecule is O=C(c1ccncc1)N1CCN(c2ccnc3ccnn23)CC1. The molecule has 0 aromatic carbocycles. The highest BCUT2D eigenvalue weighted by atomic mass is 16.2. The minimum atomic E-state index is 0.0611. The molecule has 0 atom stereocenters. The van der Waals surface area contributed by atoms with E-state index in [-0.39, 0.29) is 5.91 Å². The minimum absolute atomic E-state index is 0.0611. The van der Waals surface area contributed by atoms with E-state index in [4.69, 9.17) is 0 Å². The number of hydrogen-bond donors (Lipinski definition) is 0. The molecule has 23 heavy (non-hydrogen) atoms. The number of hydrogen-bond acceptors (Lipinski definition) is 5. The first kappa shape index (κ1) is 13.7. The van der Waals surface area contributed by atoms with Crippen LogP contribution < -0.4 is 4.90 Å². The van der Waals surface area contributed by atoms with E-state index in [1.54, 1.807) is 36.9 Å². The molecular weight excluding hydrogens is 292 g/mol. The van der Waals surface area contributed by atoms with Crippen molar-refractivity contribution >= 4 is 17.4 Å². The van der Waals surface area contributed by atoms with Crippen LogP contribution in [0, 0.1) is 0 Å². The summed E-state index contributed by atoms with van der Waals surface area (Å²) >= 11 is 0. The van der Waals surface area contributed by atoms with Crippen molar-refractivity contribution in [1.29, 1.82) is 0 Å². The van der Waals surface area contributed by atoms with Gasteiger partial charge >= 0.3 is 0 Å². The number of pyridine rings is 1. The van der Waals surface area contributed by atoms with Crippen LogP contribution in [-0.4, -0.2) is 56.6 Å². The predicted octanol–water partition coefficient (Wildman–Crippen LogP) is 1.09. The Morgan fingerprint density at radius 1 is 0.913 bits per heavy atom. The van der Waals surface area contributed by atoms with Crippen molar-refractivity contribution in [2.75, 3.05) is 31.1 Å². The fourth-order valence-corrected chi connectivity index (χ4v) is 2.88. The molecule has 1 saturated heterocycles. The van der Waals surface area contributed by atoms with Crippen LogP contribution in [0.2, 0.25) is 0 Å². The van der Waals surface area contributed by atoms with Gasteiger partial charge in [0.15, 0.2) is 5.65 Å². The Labute approximate surface area is 133 Å². The second-order valence-electron chi connectivity index (χ2n) is 5.42. The van der Waals surface area contributed by atoms with Crippen LogP contribution in [0.4, 0.5) is 5.82 Å². The summed E-state index contributed by atoms with van der Waals surface area (Å²) in [5, 5.41) is 4.32. The molecule has 0 bridgehead atoms. The monoisotopic (exact) mass is 308 g/mol. The standard InChI is InChI=1S/C16H16N6O/c23-16(13-1-5-17-6-2-13)21-11-9-20(10-12-21)15-4-7-18-14-3-8-19-22(14)15/h1-8H,9-12H2. The van der Waals surface area contributed by atoms with E-state index in [1.165, 1.54) is 0 Å². The molecule has 0 spiro atoms. The van der Waals surface area contributed by atoms with E-state index in [9.17, 15) is 4.79 Å². The molecular formula is C16H16N6O. The molecule has 1 aliphatic heterocycles. The lowest BCUT2D eigenvalue weighted by atomic mass is 10.2. The van der Waals surface area contributed by atoms with Crippen LogP contribution >= 0.6 is 0 Å². The summed E-state index contributed by atoms with van der Waals surface area (Å²) in [7, 11) is 0. The van der Waals surface area contributed by atoms with Crippen molar-refractivity contribution in [1.82, 2.24) is 24.5 Å². The molecule has 7 heteroatoms. The molecule has 4 rings (SSSR count). The number of amides is 1. The number of piperazine rings is 1. The number of nitrogens with zero attached hydrogens (tertiary/aromatic N) is 6. The molecule has 1 amide bonds. The van der Waals surface area contributed by atoms with Gasteiger partial charge in [-0.3, -0.25) is 9.78 Å². The topological polar surface area (TPSA) is 66.6 Å². The zero-order valence-electron chi connectivity index (χ0n) is 12.5. The van der Waals surface area contributed by atoms with Gasteiger partial charge in [-0.1, -0.05) is 0 Å². The lowest BCUT2D eigenvalue weighted by Crippen LogP contribution is -2.49. The lowest BCUT2D eigenvalue weighted by Gasteiger charge is -2.35. The highest BCUT2D eigenvalue weighted by molar-refractivity contribution is 5.94. The normalized spacial score (nSPS) is 15.1. The van der Waals surface area contributed by atoms with Gasteiger partial charge < -0.3 is 9.80 Å². The highest BCUT2D eigenvalue weighted by Gasteiger charge is 2.23. The summed E-state index contributed by atoms with van der Waals surface area (Å²) in [6.45, 7) is 2.92. The van der Waals surface area contributed by atoms with Gasteiger partial charge in [0, 0.05) is 56.4 Å². The van der Waals surface area contributed by atoms with Crippen LogP contribution in [0.1, 0.15) is 10.4 Å². The third-order valence-electron chi connectivity index (χ3n) is 4.09. The molecule has 7 nitrogen and oxygen atoms in total. The van der Waals surface area contributed by atoms with Crippen molar-refractivity contribution in [3.05, 3.63) is 54.6 Å². The van der Waals surface area contributed by atoms with Gasteiger partial charge in [-0.2, -0.15) is 9.61 Å². The van der Waals surface area contributed by atoms with Crippen molar-refractivity contribution in [2.45, 2.75) is 0 Å². The Bertz CT molecular complexity index is 823. The van der Waals surface area contributed by atoms with E-state index >= 15 is 0 Å². The number of carbonyl (C=O) groups is 1. The molecule has 3 aromatic rings. The average Bonchev–Trinajstić information content (AvgIpc) is 3.11. The molecule has 4 heterocycles. The smallest absolute Gasteiger partial charge is 0.254 e. The van der Waals surface area contributed by atoms with Crippen LogP contribution in [0.3, 0.4) is 0 Å². The van der Waals surface area contributed by atoms with E-state index in [2.05, 4.69) is 20.0 Å².